The summed E-state index contributed by atoms with van der Waals surface area (Å²) in [7, 11) is 0. The number of halogens is 1. The fourth-order valence-electron chi connectivity index (χ4n) is 2.62. The molecule has 8 nitrogen and oxygen atoms in total. The maximum absolute atomic E-state index is 12.5. The minimum absolute atomic E-state index is 0.165. The predicted octanol–water partition coefficient (Wildman–Crippen LogP) is 3.29. The smallest absolute Gasteiger partial charge is 0.228 e. The molecule has 1 heterocycles. The average Bonchev–Trinajstić information content (AvgIpc) is 3.21. The molecule has 1 aromatic heterocycles. The largest absolute Gasteiger partial charge is 0.490 e. The van der Waals surface area contributed by atoms with E-state index < -0.39 is 0 Å². The predicted molar refractivity (Wildman–Crippen MR) is 105 cm³/mol. The molecule has 3 aromatic rings. The second kappa shape index (κ2) is 9.18. The van der Waals surface area contributed by atoms with Crippen molar-refractivity contribution in [2.45, 2.75) is 20.3 Å². The fraction of sp³-hybridized carbons (Fsp3) is 0.263. The van der Waals surface area contributed by atoms with Crippen molar-refractivity contribution in [1.82, 2.24) is 20.2 Å². The van der Waals surface area contributed by atoms with Crippen LogP contribution in [0.1, 0.15) is 19.4 Å². The van der Waals surface area contributed by atoms with Crippen molar-refractivity contribution in [3.05, 3.63) is 53.3 Å². The van der Waals surface area contributed by atoms with Crippen molar-refractivity contribution in [2.75, 3.05) is 18.5 Å². The molecule has 2 aromatic carbocycles. The highest BCUT2D eigenvalue weighted by molar-refractivity contribution is 6.33. The summed E-state index contributed by atoms with van der Waals surface area (Å²) in [5.41, 5.74) is 1.97. The zero-order valence-corrected chi connectivity index (χ0v) is 16.3. The monoisotopic (exact) mass is 401 g/mol. The number of anilines is 1. The molecule has 0 radical (unpaired) electrons. The summed E-state index contributed by atoms with van der Waals surface area (Å²) in [4.78, 5) is 12.5. The van der Waals surface area contributed by atoms with Gasteiger partial charge >= 0.3 is 0 Å². The molecule has 0 aliphatic rings. The molecule has 0 saturated heterocycles. The summed E-state index contributed by atoms with van der Waals surface area (Å²) >= 11 is 6.21. The minimum Gasteiger partial charge on any atom is -0.490 e. The molecule has 0 unspecified atom stereocenters. The van der Waals surface area contributed by atoms with Crippen LogP contribution >= 0.6 is 11.6 Å². The van der Waals surface area contributed by atoms with E-state index in [1.807, 2.05) is 32.0 Å². The van der Waals surface area contributed by atoms with Crippen molar-refractivity contribution >= 4 is 23.2 Å². The molecule has 0 aliphatic heterocycles. The Morgan fingerprint density at radius 3 is 2.61 bits per heavy atom. The Hall–Kier alpha value is -3.13. The van der Waals surface area contributed by atoms with Crippen LogP contribution in [0, 0.1) is 0 Å². The van der Waals surface area contributed by atoms with Crippen LogP contribution in [-0.4, -0.2) is 39.3 Å². The van der Waals surface area contributed by atoms with E-state index in [0.29, 0.717) is 41.1 Å². The molecule has 28 heavy (non-hydrogen) atoms. The van der Waals surface area contributed by atoms with Gasteiger partial charge in [-0.3, -0.25) is 4.79 Å². The average molecular weight is 402 g/mol. The van der Waals surface area contributed by atoms with Crippen LogP contribution in [0.4, 0.5) is 5.69 Å². The number of carbonyl (C=O) groups is 1. The van der Waals surface area contributed by atoms with Gasteiger partial charge in [-0.25, -0.2) is 4.68 Å². The molecule has 146 valence electrons. The van der Waals surface area contributed by atoms with Crippen molar-refractivity contribution in [3.63, 3.8) is 0 Å². The van der Waals surface area contributed by atoms with Gasteiger partial charge in [0.05, 0.1) is 36.0 Å². The Kier molecular flexibility index (Phi) is 6.44. The van der Waals surface area contributed by atoms with Gasteiger partial charge in [-0.2, -0.15) is 0 Å². The van der Waals surface area contributed by atoms with Crippen molar-refractivity contribution in [3.8, 4) is 17.2 Å². The zero-order valence-electron chi connectivity index (χ0n) is 15.6. The molecule has 0 atom stereocenters. The lowest BCUT2D eigenvalue weighted by Crippen LogP contribution is -2.15. The van der Waals surface area contributed by atoms with E-state index in [0.717, 1.165) is 5.56 Å². The zero-order chi connectivity index (χ0) is 19.9. The topological polar surface area (TPSA) is 91.2 Å². The first-order valence-corrected chi connectivity index (χ1v) is 9.19. The van der Waals surface area contributed by atoms with Gasteiger partial charge in [0, 0.05) is 0 Å². The van der Waals surface area contributed by atoms with E-state index >= 15 is 0 Å². The minimum atomic E-state index is -0.206. The Balaban J connectivity index is 1.74. The first-order valence-electron chi connectivity index (χ1n) is 8.82. The number of benzene rings is 2. The Morgan fingerprint density at radius 1 is 1.11 bits per heavy atom. The van der Waals surface area contributed by atoms with Gasteiger partial charge in [0.25, 0.3) is 0 Å². The van der Waals surface area contributed by atoms with Gasteiger partial charge in [-0.05, 0) is 60.2 Å². The molecule has 3 rings (SSSR count). The molecule has 0 bridgehead atoms. The van der Waals surface area contributed by atoms with Gasteiger partial charge in [-0.1, -0.05) is 17.7 Å². The molecular formula is C19H20ClN5O3. The van der Waals surface area contributed by atoms with Crippen LogP contribution in [0.15, 0.2) is 42.7 Å². The summed E-state index contributed by atoms with van der Waals surface area (Å²) in [6.45, 7) is 4.85. The lowest BCUT2D eigenvalue weighted by Gasteiger charge is -2.13. The van der Waals surface area contributed by atoms with Crippen LogP contribution in [0.5, 0.6) is 11.5 Å². The summed E-state index contributed by atoms with van der Waals surface area (Å²) in [5.74, 6) is 1.07. The first kappa shape index (κ1) is 19.6. The second-order valence-electron chi connectivity index (χ2n) is 5.79. The van der Waals surface area contributed by atoms with Crippen molar-refractivity contribution in [1.29, 1.82) is 0 Å². The van der Waals surface area contributed by atoms with Gasteiger partial charge in [0.15, 0.2) is 11.5 Å². The number of nitrogens with one attached hydrogen (secondary N) is 1. The third-order valence-electron chi connectivity index (χ3n) is 3.81. The SMILES string of the molecule is CCOc1ccc(CC(=O)Nc2cc(-n3cnnn3)ccc2Cl)cc1OCC. The molecule has 9 heteroatoms. The number of hydrogen-bond donors (Lipinski definition) is 1. The maximum atomic E-state index is 12.5. The van der Waals surface area contributed by atoms with Crippen molar-refractivity contribution in [2.24, 2.45) is 0 Å². The summed E-state index contributed by atoms with van der Waals surface area (Å²) in [5, 5.41) is 14.3. The number of nitrogens with zero attached hydrogens (tertiary/aromatic N) is 4. The number of ether oxygens (including phenoxy) is 2. The summed E-state index contributed by atoms with van der Waals surface area (Å²) < 4.78 is 12.6. The molecular weight excluding hydrogens is 382 g/mol. The van der Waals surface area contributed by atoms with Gasteiger partial charge < -0.3 is 14.8 Å². The quantitative estimate of drug-likeness (QED) is 0.622. The normalized spacial score (nSPS) is 10.5. The molecule has 1 N–H and O–H groups in total. The maximum Gasteiger partial charge on any atom is 0.228 e. The third-order valence-corrected chi connectivity index (χ3v) is 4.14. The fourth-order valence-corrected chi connectivity index (χ4v) is 2.78. The van der Waals surface area contributed by atoms with E-state index in [1.54, 1.807) is 18.2 Å². The Morgan fingerprint density at radius 2 is 1.89 bits per heavy atom. The highest BCUT2D eigenvalue weighted by atomic mass is 35.5. The van der Waals surface area contributed by atoms with Crippen LogP contribution < -0.4 is 14.8 Å². The van der Waals surface area contributed by atoms with Gasteiger partial charge in [0.2, 0.25) is 5.91 Å². The number of rotatable bonds is 8. The molecule has 0 saturated carbocycles. The highest BCUT2D eigenvalue weighted by Crippen LogP contribution is 2.29. The third kappa shape index (κ3) is 4.77. The Bertz CT molecular complexity index is 947. The highest BCUT2D eigenvalue weighted by Gasteiger charge is 2.12. The second-order valence-corrected chi connectivity index (χ2v) is 6.20. The van der Waals surface area contributed by atoms with Gasteiger partial charge in [0.1, 0.15) is 6.33 Å². The van der Waals surface area contributed by atoms with Crippen LogP contribution in [0.2, 0.25) is 5.02 Å². The van der Waals surface area contributed by atoms with Crippen LogP contribution in [0.3, 0.4) is 0 Å². The summed E-state index contributed by atoms with van der Waals surface area (Å²) in [6.07, 6.45) is 1.63. The summed E-state index contributed by atoms with van der Waals surface area (Å²) in [6, 6.07) is 10.6. The molecule has 0 spiro atoms. The van der Waals surface area contributed by atoms with E-state index in [1.165, 1.54) is 11.0 Å². The van der Waals surface area contributed by atoms with Crippen LogP contribution in [-0.2, 0) is 11.2 Å². The van der Waals surface area contributed by atoms with E-state index in [9.17, 15) is 4.79 Å². The number of aromatic nitrogens is 4. The number of tetrazole rings is 1. The molecule has 0 aliphatic carbocycles. The molecule has 1 amide bonds. The lowest BCUT2D eigenvalue weighted by atomic mass is 10.1. The van der Waals surface area contributed by atoms with E-state index in [4.69, 9.17) is 21.1 Å². The Labute approximate surface area is 167 Å². The van der Waals surface area contributed by atoms with E-state index in [2.05, 4.69) is 20.8 Å². The standard InChI is InChI=1S/C19H20ClN5O3/c1-3-27-17-8-5-13(9-18(17)28-4-2)10-19(26)22-16-11-14(6-7-15(16)20)25-12-21-23-24-25/h5-9,11-12H,3-4,10H2,1-2H3,(H,22,26). The molecule has 0 fully saturated rings. The number of hydrogen-bond acceptors (Lipinski definition) is 6. The lowest BCUT2D eigenvalue weighted by molar-refractivity contribution is -0.115. The number of amides is 1. The van der Waals surface area contributed by atoms with Crippen LogP contribution in [0.25, 0.3) is 5.69 Å². The van der Waals surface area contributed by atoms with Crippen molar-refractivity contribution < 1.29 is 14.3 Å². The van der Waals surface area contributed by atoms with Gasteiger partial charge in [-0.15, -0.1) is 5.10 Å². The number of carbonyl (C=O) groups excluding carboxylic acids is 1. The van der Waals surface area contributed by atoms with E-state index in [-0.39, 0.29) is 12.3 Å². The first-order chi connectivity index (χ1) is 13.6.